The zero-order valence-corrected chi connectivity index (χ0v) is 12.4. The third-order valence-corrected chi connectivity index (χ3v) is 4.55. The first-order chi connectivity index (χ1) is 9.11. The van der Waals surface area contributed by atoms with Crippen molar-refractivity contribution in [2.24, 2.45) is 5.92 Å². The summed E-state index contributed by atoms with van der Waals surface area (Å²) in [5.74, 6) is 0.526. The molecule has 4 heteroatoms. The Bertz CT molecular complexity index is 477. The lowest BCUT2D eigenvalue weighted by molar-refractivity contribution is 0.0744. The zero-order chi connectivity index (χ0) is 13.8. The Morgan fingerprint density at radius 3 is 2.95 bits per heavy atom. The number of carbonyl (C=O) groups excluding carboxylic acids is 1. The Morgan fingerprint density at radius 2 is 2.32 bits per heavy atom. The first-order valence-corrected chi connectivity index (χ1v) is 7.71. The van der Waals surface area contributed by atoms with Gasteiger partial charge in [0.2, 0.25) is 0 Å². The Balaban J connectivity index is 2.11. The monoisotopic (exact) mass is 276 g/mol. The first-order valence-electron chi connectivity index (χ1n) is 6.89. The molecule has 0 aliphatic heterocycles. The van der Waals surface area contributed by atoms with Gasteiger partial charge in [-0.15, -0.1) is 11.3 Å². The second-order valence-electron chi connectivity index (χ2n) is 5.47. The van der Waals surface area contributed by atoms with Crippen LogP contribution < -0.4 is 0 Å². The summed E-state index contributed by atoms with van der Waals surface area (Å²) < 4.78 is 0. The molecule has 19 heavy (non-hydrogen) atoms. The number of amides is 1. The van der Waals surface area contributed by atoms with Gasteiger partial charge in [-0.1, -0.05) is 13.8 Å². The van der Waals surface area contributed by atoms with E-state index in [-0.39, 0.29) is 5.91 Å². The molecule has 0 N–H and O–H groups in total. The molecule has 1 heterocycles. The highest BCUT2D eigenvalue weighted by atomic mass is 32.1. The van der Waals surface area contributed by atoms with Gasteiger partial charge in [-0.3, -0.25) is 4.79 Å². The van der Waals surface area contributed by atoms with E-state index in [0.29, 0.717) is 18.9 Å². The highest BCUT2D eigenvalue weighted by Crippen LogP contribution is 2.31. The van der Waals surface area contributed by atoms with Crippen molar-refractivity contribution in [1.29, 1.82) is 5.26 Å². The van der Waals surface area contributed by atoms with Crippen LogP contribution in [-0.2, 0) is 12.8 Å². The zero-order valence-electron chi connectivity index (χ0n) is 11.6. The van der Waals surface area contributed by atoms with E-state index in [0.717, 1.165) is 24.3 Å². The third kappa shape index (κ3) is 3.36. The predicted octanol–water partition coefficient (Wildman–Crippen LogP) is 3.25. The fourth-order valence-electron chi connectivity index (χ4n) is 2.49. The number of fused-ring (bicyclic) bond motifs is 1. The van der Waals surface area contributed by atoms with Gasteiger partial charge in [-0.25, -0.2) is 0 Å². The van der Waals surface area contributed by atoms with Crippen molar-refractivity contribution in [3.8, 4) is 6.07 Å². The molecule has 0 radical (unpaired) electrons. The summed E-state index contributed by atoms with van der Waals surface area (Å²) in [6, 6.07) is 4.19. The molecule has 0 saturated carbocycles. The van der Waals surface area contributed by atoms with E-state index in [2.05, 4.69) is 26.0 Å². The number of rotatable bonds is 5. The molecule has 102 valence electrons. The molecule has 1 amide bonds. The van der Waals surface area contributed by atoms with E-state index in [9.17, 15) is 4.79 Å². The van der Waals surface area contributed by atoms with Crippen LogP contribution in [0.4, 0.5) is 0 Å². The van der Waals surface area contributed by atoms with Crippen molar-refractivity contribution < 1.29 is 4.79 Å². The van der Waals surface area contributed by atoms with Crippen LogP contribution in [-0.4, -0.2) is 23.9 Å². The number of hydrogen-bond donors (Lipinski definition) is 0. The second kappa shape index (κ2) is 6.21. The van der Waals surface area contributed by atoms with E-state index in [1.165, 1.54) is 16.9 Å². The minimum absolute atomic E-state index is 0.100. The largest absolute Gasteiger partial charge is 0.337 e. The fraction of sp³-hybridized carbons (Fsp3) is 0.600. The van der Waals surface area contributed by atoms with Gasteiger partial charge in [0.05, 0.1) is 17.4 Å². The Hall–Kier alpha value is -1.34. The normalized spacial score (nSPS) is 13.4. The molecule has 2 rings (SSSR count). The Labute approximate surface area is 118 Å². The minimum atomic E-state index is 0.100. The molecule has 1 aromatic heterocycles. The summed E-state index contributed by atoms with van der Waals surface area (Å²) in [6.45, 7) is 5.46. The summed E-state index contributed by atoms with van der Waals surface area (Å²) >= 11 is 1.64. The fourth-order valence-corrected chi connectivity index (χ4v) is 3.71. The standard InChI is InChI=1S/C15H20N2OS/c1-11(2)10-17(8-4-7-16)15(18)14-9-12-5-3-6-13(12)19-14/h9,11H,3-6,8,10H2,1-2H3. The number of nitriles is 1. The molecule has 0 aromatic carbocycles. The maximum absolute atomic E-state index is 12.5. The molecule has 0 saturated heterocycles. The third-order valence-electron chi connectivity index (χ3n) is 3.32. The molecule has 0 spiro atoms. The van der Waals surface area contributed by atoms with Crippen LogP contribution in [0.2, 0.25) is 0 Å². The van der Waals surface area contributed by atoms with Gasteiger partial charge in [0.1, 0.15) is 0 Å². The summed E-state index contributed by atoms with van der Waals surface area (Å²) in [5, 5.41) is 8.71. The maximum atomic E-state index is 12.5. The number of thiophene rings is 1. The van der Waals surface area contributed by atoms with Crippen LogP contribution in [0, 0.1) is 17.2 Å². The maximum Gasteiger partial charge on any atom is 0.263 e. The Morgan fingerprint density at radius 1 is 1.53 bits per heavy atom. The van der Waals surface area contributed by atoms with Gasteiger partial charge in [0.25, 0.3) is 5.91 Å². The van der Waals surface area contributed by atoms with Crippen molar-refractivity contribution >= 4 is 17.2 Å². The first kappa shape index (κ1) is 14.1. The average molecular weight is 276 g/mol. The number of carbonyl (C=O) groups is 1. The van der Waals surface area contributed by atoms with Gasteiger partial charge >= 0.3 is 0 Å². The lowest BCUT2D eigenvalue weighted by atomic mass is 10.2. The molecule has 1 aliphatic carbocycles. The summed E-state index contributed by atoms with van der Waals surface area (Å²) in [5.41, 5.74) is 1.36. The van der Waals surface area contributed by atoms with E-state index in [1.54, 1.807) is 11.3 Å². The molecule has 0 unspecified atom stereocenters. The molecule has 1 aliphatic rings. The van der Waals surface area contributed by atoms with Gasteiger partial charge in [0, 0.05) is 18.0 Å². The number of hydrogen-bond acceptors (Lipinski definition) is 3. The minimum Gasteiger partial charge on any atom is -0.337 e. The topological polar surface area (TPSA) is 44.1 Å². The highest BCUT2D eigenvalue weighted by molar-refractivity contribution is 7.14. The van der Waals surface area contributed by atoms with Crippen molar-refractivity contribution in [3.05, 3.63) is 21.4 Å². The van der Waals surface area contributed by atoms with Crippen LogP contribution in [0.5, 0.6) is 0 Å². The lowest BCUT2D eigenvalue weighted by Gasteiger charge is -2.23. The van der Waals surface area contributed by atoms with Crippen molar-refractivity contribution in [2.75, 3.05) is 13.1 Å². The van der Waals surface area contributed by atoms with Gasteiger partial charge < -0.3 is 4.90 Å². The molecule has 1 aromatic rings. The van der Waals surface area contributed by atoms with E-state index >= 15 is 0 Å². The van der Waals surface area contributed by atoms with E-state index < -0.39 is 0 Å². The van der Waals surface area contributed by atoms with Crippen LogP contribution >= 0.6 is 11.3 Å². The molecular weight excluding hydrogens is 256 g/mol. The molecule has 0 bridgehead atoms. The average Bonchev–Trinajstić information content (AvgIpc) is 2.93. The van der Waals surface area contributed by atoms with Gasteiger partial charge in [-0.05, 0) is 36.8 Å². The van der Waals surface area contributed by atoms with Crippen LogP contribution in [0.15, 0.2) is 6.07 Å². The predicted molar refractivity (Wildman–Crippen MR) is 77.3 cm³/mol. The van der Waals surface area contributed by atoms with Crippen LogP contribution in [0.25, 0.3) is 0 Å². The van der Waals surface area contributed by atoms with Gasteiger partial charge in [0.15, 0.2) is 0 Å². The van der Waals surface area contributed by atoms with Gasteiger partial charge in [-0.2, -0.15) is 5.26 Å². The molecule has 0 atom stereocenters. The molecule has 3 nitrogen and oxygen atoms in total. The van der Waals surface area contributed by atoms with Crippen molar-refractivity contribution in [3.63, 3.8) is 0 Å². The van der Waals surface area contributed by atoms with Crippen molar-refractivity contribution in [2.45, 2.75) is 39.5 Å². The smallest absolute Gasteiger partial charge is 0.263 e. The van der Waals surface area contributed by atoms with E-state index in [1.807, 2.05) is 4.90 Å². The molecular formula is C15H20N2OS. The Kier molecular flexibility index (Phi) is 4.60. The summed E-state index contributed by atoms with van der Waals surface area (Å²) in [7, 11) is 0. The summed E-state index contributed by atoms with van der Waals surface area (Å²) in [4.78, 5) is 16.6. The van der Waals surface area contributed by atoms with Crippen molar-refractivity contribution in [1.82, 2.24) is 4.90 Å². The lowest BCUT2D eigenvalue weighted by Crippen LogP contribution is -2.34. The van der Waals surface area contributed by atoms with Crippen LogP contribution in [0.3, 0.4) is 0 Å². The SMILES string of the molecule is CC(C)CN(CCC#N)C(=O)c1cc2c(s1)CCC2. The quantitative estimate of drug-likeness (QED) is 0.828. The molecule has 0 fully saturated rings. The second-order valence-corrected chi connectivity index (χ2v) is 6.60. The van der Waals surface area contributed by atoms with Crippen LogP contribution in [0.1, 0.15) is 46.8 Å². The van der Waals surface area contributed by atoms with E-state index in [4.69, 9.17) is 5.26 Å². The number of aryl methyl sites for hydroxylation is 2. The highest BCUT2D eigenvalue weighted by Gasteiger charge is 2.22. The summed E-state index contributed by atoms with van der Waals surface area (Å²) in [6.07, 6.45) is 3.86. The number of nitrogens with zero attached hydrogens (tertiary/aromatic N) is 2.